The summed E-state index contributed by atoms with van der Waals surface area (Å²) in [5.74, 6) is 0.602. The molecule has 2 aromatic carbocycles. The molecule has 8 nitrogen and oxygen atoms in total. The van der Waals surface area contributed by atoms with Gasteiger partial charge in [0.15, 0.2) is 0 Å². The third-order valence-corrected chi connectivity index (χ3v) is 9.39. The molecule has 10 heteroatoms. The van der Waals surface area contributed by atoms with Crippen LogP contribution in [0.2, 0.25) is 5.02 Å². The van der Waals surface area contributed by atoms with Crippen molar-refractivity contribution in [3.8, 4) is 11.4 Å². The maximum absolute atomic E-state index is 13.5. The lowest BCUT2D eigenvalue weighted by Gasteiger charge is -2.28. The molecule has 5 rings (SSSR count). The molecule has 0 N–H and O–H groups in total. The van der Waals surface area contributed by atoms with Crippen LogP contribution in [-0.4, -0.2) is 70.0 Å². The summed E-state index contributed by atoms with van der Waals surface area (Å²) in [6.45, 7) is 7.53. The van der Waals surface area contributed by atoms with Gasteiger partial charge in [-0.3, -0.25) is 4.99 Å². The van der Waals surface area contributed by atoms with Gasteiger partial charge in [-0.25, -0.2) is 8.42 Å². The summed E-state index contributed by atoms with van der Waals surface area (Å²) >= 11 is 6.27. The number of hydrogen-bond donors (Lipinski definition) is 0. The number of anilines is 1. The topological polar surface area (TPSA) is 76.4 Å². The van der Waals surface area contributed by atoms with Gasteiger partial charge in [0, 0.05) is 49.3 Å². The lowest BCUT2D eigenvalue weighted by Crippen LogP contribution is -2.40. The summed E-state index contributed by atoms with van der Waals surface area (Å²) in [5.41, 5.74) is 5.55. The fourth-order valence-electron chi connectivity index (χ4n) is 5.17. The largest absolute Gasteiger partial charge is 0.495 e. The summed E-state index contributed by atoms with van der Waals surface area (Å²) in [4.78, 5) is 7.28. The third kappa shape index (κ3) is 5.20. The van der Waals surface area contributed by atoms with Crippen molar-refractivity contribution < 1.29 is 17.9 Å². The molecule has 2 aliphatic rings. The second-order valence-corrected chi connectivity index (χ2v) is 11.9. The third-order valence-electron chi connectivity index (χ3n) is 7.20. The number of hydrogen-bond acceptors (Lipinski definition) is 6. The maximum atomic E-state index is 13.5. The Hall–Kier alpha value is -2.85. The van der Waals surface area contributed by atoms with E-state index in [1.807, 2.05) is 38.3 Å². The predicted octanol–water partition coefficient (Wildman–Crippen LogP) is 5.13. The van der Waals surface area contributed by atoms with Crippen molar-refractivity contribution >= 4 is 39.2 Å². The van der Waals surface area contributed by atoms with Crippen molar-refractivity contribution in [3.63, 3.8) is 0 Å². The zero-order valence-corrected chi connectivity index (χ0v) is 23.6. The van der Waals surface area contributed by atoms with Gasteiger partial charge in [-0.2, -0.15) is 4.31 Å². The number of methoxy groups -OCH3 is 1. The first-order valence-electron chi connectivity index (χ1n) is 12.8. The molecule has 38 heavy (non-hydrogen) atoms. The van der Waals surface area contributed by atoms with Gasteiger partial charge in [-0.15, -0.1) is 0 Å². The Labute approximate surface area is 229 Å². The zero-order valence-electron chi connectivity index (χ0n) is 22.0. The number of aliphatic imine (C=N–C) groups is 1. The normalized spacial score (nSPS) is 17.0. The number of benzene rings is 2. The van der Waals surface area contributed by atoms with Crippen molar-refractivity contribution in [2.75, 3.05) is 51.4 Å². The predicted molar refractivity (Wildman–Crippen MR) is 152 cm³/mol. The minimum Gasteiger partial charge on any atom is -0.495 e. The summed E-state index contributed by atoms with van der Waals surface area (Å²) in [6.07, 6.45) is 4.07. The molecule has 0 radical (unpaired) electrons. The van der Waals surface area contributed by atoms with Crippen LogP contribution in [0.4, 0.5) is 11.4 Å². The van der Waals surface area contributed by atoms with Crippen LogP contribution in [0.25, 0.3) is 5.69 Å². The van der Waals surface area contributed by atoms with Gasteiger partial charge in [0.05, 0.1) is 47.3 Å². The van der Waals surface area contributed by atoms with E-state index in [2.05, 4.69) is 20.5 Å². The van der Waals surface area contributed by atoms with Gasteiger partial charge in [0.25, 0.3) is 0 Å². The minimum absolute atomic E-state index is 0.299. The highest BCUT2D eigenvalue weighted by Crippen LogP contribution is 2.34. The molecule has 202 valence electrons. The molecule has 0 bridgehead atoms. The maximum Gasteiger partial charge on any atom is 0.243 e. The molecule has 2 fully saturated rings. The van der Waals surface area contributed by atoms with Crippen LogP contribution >= 0.6 is 11.6 Å². The fraction of sp³-hybridized carbons (Fsp3) is 0.393. The SMILES string of the molecule is COc1ccc(N=Cc2cc(C)n(-c3cc(S(=O)(=O)N4CCOCC4)ccc3N3CCCC3)c2C)cc1Cl. The number of ether oxygens (including phenoxy) is 2. The molecular formula is C28H33ClN4O4S. The highest BCUT2D eigenvalue weighted by atomic mass is 35.5. The van der Waals surface area contributed by atoms with Crippen molar-refractivity contribution in [1.82, 2.24) is 8.87 Å². The van der Waals surface area contributed by atoms with Crippen LogP contribution in [0.1, 0.15) is 29.8 Å². The lowest BCUT2D eigenvalue weighted by atomic mass is 10.2. The van der Waals surface area contributed by atoms with Crippen LogP contribution in [0.15, 0.2) is 52.4 Å². The highest BCUT2D eigenvalue weighted by molar-refractivity contribution is 7.89. The first-order chi connectivity index (χ1) is 18.3. The van der Waals surface area contributed by atoms with Crippen LogP contribution in [0.5, 0.6) is 5.75 Å². The molecule has 3 aromatic rings. The van der Waals surface area contributed by atoms with Gasteiger partial charge in [0.1, 0.15) is 5.75 Å². The number of morpholine rings is 1. The van der Waals surface area contributed by atoms with Gasteiger partial charge in [-0.1, -0.05) is 11.6 Å². The Morgan fingerprint density at radius 2 is 1.71 bits per heavy atom. The van der Waals surface area contributed by atoms with Crippen LogP contribution in [-0.2, 0) is 14.8 Å². The van der Waals surface area contributed by atoms with Gasteiger partial charge < -0.3 is 18.9 Å². The van der Waals surface area contributed by atoms with Crippen LogP contribution in [0, 0.1) is 13.8 Å². The quantitative estimate of drug-likeness (QED) is 0.377. The molecule has 2 saturated heterocycles. The average Bonchev–Trinajstić information content (AvgIpc) is 3.55. The number of nitrogens with zero attached hydrogens (tertiary/aromatic N) is 4. The Kier molecular flexibility index (Phi) is 7.81. The van der Waals surface area contributed by atoms with Crippen molar-refractivity contribution in [2.24, 2.45) is 4.99 Å². The summed E-state index contributed by atoms with van der Waals surface area (Å²) < 4.78 is 41.3. The average molecular weight is 557 g/mol. The van der Waals surface area contributed by atoms with Crippen LogP contribution < -0.4 is 9.64 Å². The molecule has 1 aromatic heterocycles. The van der Waals surface area contributed by atoms with Gasteiger partial charge in [0.2, 0.25) is 10.0 Å². The first-order valence-corrected chi connectivity index (χ1v) is 14.7. The van der Waals surface area contributed by atoms with E-state index in [9.17, 15) is 8.42 Å². The van der Waals surface area contributed by atoms with Crippen molar-refractivity contribution in [3.05, 3.63) is 64.4 Å². The van der Waals surface area contributed by atoms with E-state index < -0.39 is 10.0 Å². The molecule has 0 aliphatic carbocycles. The van der Waals surface area contributed by atoms with E-state index in [0.717, 1.165) is 59.9 Å². The summed E-state index contributed by atoms with van der Waals surface area (Å²) in [5, 5.41) is 0.501. The van der Waals surface area contributed by atoms with E-state index >= 15 is 0 Å². The highest BCUT2D eigenvalue weighted by Gasteiger charge is 2.28. The summed E-state index contributed by atoms with van der Waals surface area (Å²) in [7, 11) is -2.06. The number of aromatic nitrogens is 1. The zero-order chi connectivity index (χ0) is 26.9. The molecule has 3 heterocycles. The Balaban J connectivity index is 1.56. The molecule has 0 atom stereocenters. The summed E-state index contributed by atoms with van der Waals surface area (Å²) in [6, 6.07) is 13.0. The monoisotopic (exact) mass is 556 g/mol. The number of sulfonamides is 1. The fourth-order valence-corrected chi connectivity index (χ4v) is 6.85. The second kappa shape index (κ2) is 11.1. The van der Waals surface area contributed by atoms with E-state index in [0.29, 0.717) is 42.0 Å². The van der Waals surface area contributed by atoms with E-state index in [1.165, 1.54) is 4.31 Å². The Morgan fingerprint density at radius 3 is 2.39 bits per heavy atom. The minimum atomic E-state index is -3.64. The van der Waals surface area contributed by atoms with Crippen molar-refractivity contribution in [2.45, 2.75) is 31.6 Å². The lowest BCUT2D eigenvalue weighted by molar-refractivity contribution is 0.0730. The smallest absolute Gasteiger partial charge is 0.243 e. The molecule has 0 amide bonds. The molecule has 0 saturated carbocycles. The Bertz CT molecular complexity index is 1460. The standard InChI is InChI=1S/C28H33ClN4O4S/c1-20-16-22(19-30-23-6-9-28(36-3)25(29)17-23)21(2)33(20)27-18-24(7-8-26(27)31-10-4-5-11-31)38(34,35)32-12-14-37-15-13-32/h6-9,16-19H,4-5,10-15H2,1-3H3. The van der Waals surface area contributed by atoms with Gasteiger partial charge >= 0.3 is 0 Å². The number of rotatable bonds is 7. The van der Waals surface area contributed by atoms with E-state index in [-0.39, 0.29) is 0 Å². The second-order valence-electron chi connectivity index (χ2n) is 9.60. The first kappa shape index (κ1) is 26.7. The number of halogens is 1. The molecule has 0 spiro atoms. The number of aryl methyl sites for hydroxylation is 1. The van der Waals surface area contributed by atoms with E-state index in [1.54, 1.807) is 25.3 Å². The van der Waals surface area contributed by atoms with Crippen LogP contribution in [0.3, 0.4) is 0 Å². The van der Waals surface area contributed by atoms with E-state index in [4.69, 9.17) is 21.1 Å². The Morgan fingerprint density at radius 1 is 0.974 bits per heavy atom. The van der Waals surface area contributed by atoms with Gasteiger partial charge in [-0.05, 0) is 69.2 Å². The van der Waals surface area contributed by atoms with Crippen molar-refractivity contribution in [1.29, 1.82) is 0 Å². The molecule has 0 unspecified atom stereocenters. The molecule has 2 aliphatic heterocycles. The molecular weight excluding hydrogens is 524 g/mol.